The summed E-state index contributed by atoms with van der Waals surface area (Å²) in [6, 6.07) is 0. The first-order valence-electron chi connectivity index (χ1n) is 12.5. The smallest absolute Gasteiger partial charge is 0.330 e. The van der Waals surface area contributed by atoms with E-state index >= 15 is 0 Å². The highest BCUT2D eigenvalue weighted by atomic mass is 16.7. The minimum Gasteiger partial charge on any atom is -0.389 e. The molecule has 2 amide bonds. The van der Waals surface area contributed by atoms with Crippen LogP contribution in [0.5, 0.6) is 0 Å². The fraction of sp³-hybridized carbons (Fsp3) is 0.808. The maximum absolute atomic E-state index is 10.7. The van der Waals surface area contributed by atoms with Gasteiger partial charge >= 0.3 is 5.97 Å². The number of aliphatic hydroxyl groups excluding tert-OH is 1. The highest BCUT2D eigenvalue weighted by Gasteiger charge is 2.57. The minimum absolute atomic E-state index is 0.131. The molecule has 6 nitrogen and oxygen atoms in total. The van der Waals surface area contributed by atoms with Crippen LogP contribution < -0.4 is 0 Å². The maximum atomic E-state index is 10.7. The fourth-order valence-electron chi connectivity index (χ4n) is 7.76. The van der Waals surface area contributed by atoms with Gasteiger partial charge < -0.3 is 9.94 Å². The molecule has 1 N–H and O–H groups in total. The van der Waals surface area contributed by atoms with Gasteiger partial charge in [-0.3, -0.25) is 9.59 Å². The lowest BCUT2D eigenvalue weighted by molar-refractivity contribution is -0.195. The SMILES string of the molecule is CC(=O)ON1C(=O)CCC1=O.CC1CCC2C3CCC4=C[C@H](O)CCC4(C)C3CCC12C. The number of hydrogen-bond acceptors (Lipinski definition) is 5. The summed E-state index contributed by atoms with van der Waals surface area (Å²) in [7, 11) is 0. The van der Waals surface area contributed by atoms with Gasteiger partial charge in [-0.2, -0.15) is 0 Å². The van der Waals surface area contributed by atoms with E-state index in [0.717, 1.165) is 37.0 Å². The number of amides is 2. The van der Waals surface area contributed by atoms with Crippen LogP contribution in [-0.2, 0) is 19.2 Å². The number of allylic oxidation sites excluding steroid dienone is 1. The fourth-order valence-corrected chi connectivity index (χ4v) is 7.76. The summed E-state index contributed by atoms with van der Waals surface area (Å²) in [4.78, 5) is 36.1. The second-order valence-electron chi connectivity index (χ2n) is 11.3. The number of aliphatic hydroxyl groups is 1. The van der Waals surface area contributed by atoms with Crippen LogP contribution in [0.3, 0.4) is 0 Å². The van der Waals surface area contributed by atoms with Gasteiger partial charge in [-0.15, -0.1) is 5.06 Å². The van der Waals surface area contributed by atoms with Crippen molar-refractivity contribution in [3.05, 3.63) is 11.6 Å². The number of carbonyl (C=O) groups is 3. The van der Waals surface area contributed by atoms with Crippen molar-refractivity contribution in [3.8, 4) is 0 Å². The Hall–Kier alpha value is -1.69. The van der Waals surface area contributed by atoms with Crippen molar-refractivity contribution in [3.63, 3.8) is 0 Å². The zero-order chi connectivity index (χ0) is 23.3. The average Bonchev–Trinajstić information content (AvgIpc) is 3.22. The van der Waals surface area contributed by atoms with Crippen LogP contribution in [0.1, 0.15) is 91.9 Å². The normalized spacial score (nSPS) is 42.8. The monoisotopic (exact) mass is 445 g/mol. The second kappa shape index (κ2) is 8.58. The van der Waals surface area contributed by atoms with Gasteiger partial charge in [0.25, 0.3) is 11.8 Å². The Morgan fingerprint density at radius 2 is 1.69 bits per heavy atom. The number of fused-ring (bicyclic) bond motifs is 5. The molecule has 0 spiro atoms. The molecule has 32 heavy (non-hydrogen) atoms. The number of hydrogen-bond donors (Lipinski definition) is 1. The van der Waals surface area contributed by atoms with Gasteiger partial charge in [0.1, 0.15) is 0 Å². The molecular weight excluding hydrogens is 406 g/mol. The summed E-state index contributed by atoms with van der Waals surface area (Å²) in [5.41, 5.74) is 2.65. The first-order valence-corrected chi connectivity index (χ1v) is 12.5. The summed E-state index contributed by atoms with van der Waals surface area (Å²) in [5, 5.41) is 10.5. The number of hydroxylamine groups is 2. The number of carbonyl (C=O) groups excluding carboxylic acids is 3. The number of rotatable bonds is 1. The highest BCUT2D eigenvalue weighted by molar-refractivity contribution is 6.01. The van der Waals surface area contributed by atoms with Crippen LogP contribution in [-0.4, -0.2) is 34.1 Å². The van der Waals surface area contributed by atoms with E-state index < -0.39 is 17.8 Å². The molecule has 4 fully saturated rings. The molecule has 4 aliphatic carbocycles. The van der Waals surface area contributed by atoms with Gasteiger partial charge in [0.2, 0.25) is 0 Å². The molecule has 0 aromatic rings. The van der Waals surface area contributed by atoms with Crippen LogP contribution in [0.2, 0.25) is 0 Å². The summed E-state index contributed by atoms with van der Waals surface area (Å²) < 4.78 is 0. The molecular formula is C26H39NO5. The number of imide groups is 1. The highest BCUT2D eigenvalue weighted by Crippen LogP contribution is 2.66. The van der Waals surface area contributed by atoms with Crippen LogP contribution in [0.25, 0.3) is 0 Å². The molecule has 5 rings (SSSR count). The minimum atomic E-state index is -0.659. The molecule has 1 heterocycles. The van der Waals surface area contributed by atoms with Crippen molar-refractivity contribution < 1.29 is 24.3 Å². The topological polar surface area (TPSA) is 83.9 Å². The van der Waals surface area contributed by atoms with Gasteiger partial charge in [0, 0.05) is 19.8 Å². The molecule has 3 saturated carbocycles. The van der Waals surface area contributed by atoms with Crippen molar-refractivity contribution in [2.45, 2.75) is 98.0 Å². The van der Waals surface area contributed by atoms with E-state index in [2.05, 4.69) is 31.7 Å². The Labute approximate surface area is 191 Å². The Bertz CT molecular complexity index is 805. The average molecular weight is 446 g/mol. The molecule has 6 heteroatoms. The van der Waals surface area contributed by atoms with E-state index in [1.54, 1.807) is 5.57 Å². The third-order valence-corrected chi connectivity index (χ3v) is 9.79. The van der Waals surface area contributed by atoms with Crippen LogP contribution in [0.4, 0.5) is 0 Å². The zero-order valence-corrected chi connectivity index (χ0v) is 20.1. The molecule has 178 valence electrons. The third-order valence-electron chi connectivity index (χ3n) is 9.79. The first kappa shape index (κ1) is 23.5. The van der Waals surface area contributed by atoms with Crippen LogP contribution in [0.15, 0.2) is 11.6 Å². The molecule has 0 aromatic heterocycles. The molecule has 1 saturated heterocycles. The van der Waals surface area contributed by atoms with Crippen molar-refractivity contribution in [2.24, 2.45) is 34.5 Å². The molecule has 7 atom stereocenters. The van der Waals surface area contributed by atoms with Crippen molar-refractivity contribution in [2.75, 3.05) is 0 Å². The second-order valence-corrected chi connectivity index (χ2v) is 11.3. The summed E-state index contributed by atoms with van der Waals surface area (Å²) in [6.07, 6.45) is 13.0. The van der Waals surface area contributed by atoms with Gasteiger partial charge in [-0.25, -0.2) is 4.79 Å². The quantitative estimate of drug-likeness (QED) is 0.472. The van der Waals surface area contributed by atoms with Gasteiger partial charge in [-0.05, 0) is 85.9 Å². The predicted molar refractivity (Wildman–Crippen MR) is 120 cm³/mol. The molecule has 0 aromatic carbocycles. The van der Waals surface area contributed by atoms with Crippen LogP contribution >= 0.6 is 0 Å². The van der Waals surface area contributed by atoms with E-state index in [1.165, 1.54) is 44.9 Å². The van der Waals surface area contributed by atoms with E-state index in [9.17, 15) is 19.5 Å². The molecule has 0 bridgehead atoms. The Morgan fingerprint density at radius 3 is 2.34 bits per heavy atom. The largest absolute Gasteiger partial charge is 0.389 e. The maximum Gasteiger partial charge on any atom is 0.330 e. The molecule has 0 radical (unpaired) electrons. The number of nitrogens with zero attached hydrogens (tertiary/aromatic N) is 1. The zero-order valence-electron chi connectivity index (χ0n) is 20.1. The lowest BCUT2D eigenvalue weighted by Gasteiger charge is -2.58. The Balaban J connectivity index is 0.000000189. The van der Waals surface area contributed by atoms with Gasteiger partial charge in [0.15, 0.2) is 0 Å². The third kappa shape index (κ3) is 3.93. The first-order chi connectivity index (χ1) is 15.1. The lowest BCUT2D eigenvalue weighted by Crippen LogP contribution is -2.50. The Kier molecular flexibility index (Phi) is 6.30. The van der Waals surface area contributed by atoms with Crippen molar-refractivity contribution >= 4 is 17.8 Å². The molecule has 5 aliphatic rings. The van der Waals surface area contributed by atoms with E-state index in [4.69, 9.17) is 0 Å². The lowest BCUT2D eigenvalue weighted by atomic mass is 9.47. The van der Waals surface area contributed by atoms with E-state index in [0.29, 0.717) is 15.9 Å². The van der Waals surface area contributed by atoms with Crippen LogP contribution in [0, 0.1) is 34.5 Å². The van der Waals surface area contributed by atoms with Gasteiger partial charge in [-0.1, -0.05) is 32.4 Å². The standard InChI is InChI=1S/C20H32O.C6H7NO4/c1-13-4-7-17-16-6-5-14-12-15(21)8-10-20(14,3)18(16)9-11-19(13,17)2;1-4(8)11-7-5(9)2-3-6(7)10/h12-13,15-18,21H,4-11H2,1-3H3;2-3H2,1H3/t13?,15-,16?,17?,18?,19?,20?;/m1./s1. The van der Waals surface area contributed by atoms with Gasteiger partial charge in [0.05, 0.1) is 6.10 Å². The summed E-state index contributed by atoms with van der Waals surface area (Å²) in [6.45, 7) is 8.78. The van der Waals surface area contributed by atoms with Crippen molar-refractivity contribution in [1.82, 2.24) is 5.06 Å². The Morgan fingerprint density at radius 1 is 1.00 bits per heavy atom. The molecule has 1 aliphatic heterocycles. The summed E-state index contributed by atoms with van der Waals surface area (Å²) >= 11 is 0. The molecule has 6 unspecified atom stereocenters. The van der Waals surface area contributed by atoms with Crippen molar-refractivity contribution in [1.29, 1.82) is 0 Å². The van der Waals surface area contributed by atoms with E-state index in [-0.39, 0.29) is 18.9 Å². The summed E-state index contributed by atoms with van der Waals surface area (Å²) in [5.74, 6) is 2.21. The predicted octanol–water partition coefficient (Wildman–Crippen LogP) is 4.56. The van der Waals surface area contributed by atoms with E-state index in [1.807, 2.05) is 0 Å².